The van der Waals surface area contributed by atoms with Crippen LogP contribution in [0.25, 0.3) is 11.0 Å². The number of carbonyl (C=O) groups excluding carboxylic acids is 1. The standard InChI is InChI=1S/C18H22N4OS/c1-13(24-17-20-14-8-4-5-9-15(14)21-17)16(23)22(2)18(12-19)10-6-3-7-11-18/h4-5,8-9,13H,3,6-7,10-11H2,1-2H3,(H,20,21)/t13-/m0/s1. The second-order valence-corrected chi connectivity index (χ2v) is 7.75. The lowest BCUT2D eigenvalue weighted by Gasteiger charge is -2.40. The lowest BCUT2D eigenvalue weighted by Crippen LogP contribution is -2.52. The van der Waals surface area contributed by atoms with Crippen molar-refractivity contribution < 1.29 is 4.79 Å². The molecule has 24 heavy (non-hydrogen) atoms. The Morgan fingerprint density at radius 2 is 2.08 bits per heavy atom. The van der Waals surface area contributed by atoms with Gasteiger partial charge in [-0.3, -0.25) is 4.79 Å². The molecule has 5 nitrogen and oxygen atoms in total. The molecule has 1 aromatic carbocycles. The van der Waals surface area contributed by atoms with E-state index in [9.17, 15) is 10.1 Å². The first kappa shape index (κ1) is 16.8. The normalized spacial score (nSPS) is 18.0. The van der Waals surface area contributed by atoms with Gasteiger partial charge in [0.2, 0.25) is 5.91 Å². The number of H-pyrrole nitrogens is 1. The Morgan fingerprint density at radius 1 is 1.38 bits per heavy atom. The molecule has 0 spiro atoms. The number of benzene rings is 1. The molecule has 1 fully saturated rings. The van der Waals surface area contributed by atoms with Crippen molar-refractivity contribution >= 4 is 28.7 Å². The summed E-state index contributed by atoms with van der Waals surface area (Å²) in [6.07, 6.45) is 4.71. The van der Waals surface area contributed by atoms with E-state index in [1.165, 1.54) is 11.8 Å². The van der Waals surface area contributed by atoms with Crippen molar-refractivity contribution in [2.75, 3.05) is 7.05 Å². The molecule has 2 aromatic rings. The Labute approximate surface area is 146 Å². The number of thioether (sulfide) groups is 1. The Kier molecular flexibility index (Phi) is 4.81. The third-order valence-corrected chi connectivity index (χ3v) is 5.84. The Balaban J connectivity index is 1.72. The summed E-state index contributed by atoms with van der Waals surface area (Å²) in [7, 11) is 1.77. The summed E-state index contributed by atoms with van der Waals surface area (Å²) in [5, 5.41) is 10.1. The number of amides is 1. The van der Waals surface area contributed by atoms with Crippen LogP contribution in [0, 0.1) is 11.3 Å². The second-order valence-electron chi connectivity index (χ2n) is 6.42. The molecule has 1 aromatic heterocycles. The van der Waals surface area contributed by atoms with E-state index in [4.69, 9.17) is 0 Å². The maximum atomic E-state index is 12.8. The lowest BCUT2D eigenvalue weighted by molar-refractivity contribution is -0.133. The van der Waals surface area contributed by atoms with Crippen molar-refractivity contribution in [1.29, 1.82) is 5.26 Å². The molecule has 0 unspecified atom stereocenters. The molecule has 1 N–H and O–H groups in total. The molecule has 3 rings (SSSR count). The quantitative estimate of drug-likeness (QED) is 0.859. The van der Waals surface area contributed by atoms with Gasteiger partial charge in [0, 0.05) is 7.05 Å². The molecule has 1 heterocycles. The molecule has 0 bridgehead atoms. The third kappa shape index (κ3) is 3.13. The smallest absolute Gasteiger partial charge is 0.236 e. The molecule has 0 radical (unpaired) electrons. The van der Waals surface area contributed by atoms with Crippen molar-refractivity contribution in [1.82, 2.24) is 14.9 Å². The van der Waals surface area contributed by atoms with Crippen molar-refractivity contribution in [2.45, 2.75) is 55.0 Å². The first-order valence-electron chi connectivity index (χ1n) is 8.36. The van der Waals surface area contributed by atoms with Crippen LogP contribution in [0.4, 0.5) is 0 Å². The topological polar surface area (TPSA) is 72.8 Å². The zero-order valence-corrected chi connectivity index (χ0v) is 14.9. The number of nitrogens with zero attached hydrogens (tertiary/aromatic N) is 3. The van der Waals surface area contributed by atoms with E-state index in [1.54, 1.807) is 11.9 Å². The highest BCUT2D eigenvalue weighted by Gasteiger charge is 2.40. The Morgan fingerprint density at radius 3 is 2.75 bits per heavy atom. The lowest BCUT2D eigenvalue weighted by atomic mass is 9.81. The van der Waals surface area contributed by atoms with Crippen LogP contribution in [0.2, 0.25) is 0 Å². The predicted molar refractivity (Wildman–Crippen MR) is 95.6 cm³/mol. The second kappa shape index (κ2) is 6.86. The molecule has 1 aliphatic carbocycles. The number of nitrogens with one attached hydrogen (secondary N) is 1. The van der Waals surface area contributed by atoms with Gasteiger partial charge in [0.25, 0.3) is 0 Å². The summed E-state index contributed by atoms with van der Waals surface area (Å²) in [6.45, 7) is 1.88. The van der Waals surface area contributed by atoms with E-state index in [2.05, 4.69) is 16.0 Å². The molecular formula is C18H22N4OS. The van der Waals surface area contributed by atoms with Gasteiger partial charge in [0.05, 0.1) is 22.4 Å². The van der Waals surface area contributed by atoms with Gasteiger partial charge in [-0.15, -0.1) is 0 Å². The average Bonchev–Trinajstić information content (AvgIpc) is 3.03. The number of hydrogen-bond acceptors (Lipinski definition) is 4. The van der Waals surface area contributed by atoms with Crippen LogP contribution in [0.5, 0.6) is 0 Å². The Hall–Kier alpha value is -2.00. The van der Waals surface area contributed by atoms with E-state index < -0.39 is 5.54 Å². The van der Waals surface area contributed by atoms with Gasteiger partial charge in [-0.2, -0.15) is 5.26 Å². The highest BCUT2D eigenvalue weighted by molar-refractivity contribution is 8.00. The van der Waals surface area contributed by atoms with Crippen LogP contribution >= 0.6 is 11.8 Å². The third-order valence-electron chi connectivity index (χ3n) is 4.87. The largest absolute Gasteiger partial charge is 0.333 e. The minimum atomic E-state index is -0.641. The van der Waals surface area contributed by atoms with Crippen LogP contribution in [0.1, 0.15) is 39.0 Å². The van der Waals surface area contributed by atoms with Gasteiger partial charge < -0.3 is 9.88 Å². The number of aromatic nitrogens is 2. The predicted octanol–water partition coefficient (Wildman–Crippen LogP) is 3.73. The summed E-state index contributed by atoms with van der Waals surface area (Å²) in [4.78, 5) is 22.3. The average molecular weight is 342 g/mol. The zero-order valence-electron chi connectivity index (χ0n) is 14.1. The maximum absolute atomic E-state index is 12.8. The molecule has 6 heteroatoms. The van der Waals surface area contributed by atoms with E-state index in [0.29, 0.717) is 0 Å². The Bertz CT molecular complexity index is 740. The first-order valence-corrected chi connectivity index (χ1v) is 9.24. The molecular weight excluding hydrogens is 320 g/mol. The summed E-state index contributed by atoms with van der Waals surface area (Å²) < 4.78 is 0. The molecule has 0 saturated heterocycles. The SMILES string of the molecule is C[C@H](Sc1nc2ccccc2[nH]1)C(=O)N(C)C1(C#N)CCCCC1. The summed E-state index contributed by atoms with van der Waals surface area (Å²) in [5.41, 5.74) is 1.22. The van der Waals surface area contributed by atoms with E-state index in [1.807, 2.05) is 31.2 Å². The highest BCUT2D eigenvalue weighted by Crippen LogP contribution is 2.34. The fourth-order valence-corrected chi connectivity index (χ4v) is 4.26. The van der Waals surface area contributed by atoms with Crippen LogP contribution in [-0.2, 0) is 4.79 Å². The van der Waals surface area contributed by atoms with E-state index in [-0.39, 0.29) is 11.2 Å². The molecule has 126 valence electrons. The number of para-hydroxylation sites is 2. The van der Waals surface area contributed by atoms with Crippen molar-refractivity contribution in [3.8, 4) is 6.07 Å². The number of hydrogen-bond donors (Lipinski definition) is 1. The van der Waals surface area contributed by atoms with Gasteiger partial charge in [-0.25, -0.2) is 4.98 Å². The fourth-order valence-electron chi connectivity index (χ4n) is 3.35. The van der Waals surface area contributed by atoms with Crippen molar-refractivity contribution in [3.05, 3.63) is 24.3 Å². The minimum Gasteiger partial charge on any atom is -0.333 e. The van der Waals surface area contributed by atoms with Crippen molar-refractivity contribution in [3.63, 3.8) is 0 Å². The van der Waals surface area contributed by atoms with E-state index >= 15 is 0 Å². The number of carbonyl (C=O) groups is 1. The van der Waals surface area contributed by atoms with Gasteiger partial charge >= 0.3 is 0 Å². The monoisotopic (exact) mass is 342 g/mol. The molecule has 0 aliphatic heterocycles. The molecule has 1 atom stereocenters. The fraction of sp³-hybridized carbons (Fsp3) is 0.500. The number of imidazole rings is 1. The zero-order chi connectivity index (χ0) is 17.2. The molecule has 1 amide bonds. The maximum Gasteiger partial charge on any atom is 0.236 e. The highest BCUT2D eigenvalue weighted by atomic mass is 32.2. The van der Waals surface area contributed by atoms with Crippen LogP contribution in [0.15, 0.2) is 29.4 Å². The first-order chi connectivity index (χ1) is 11.6. The van der Waals surface area contributed by atoms with Crippen LogP contribution < -0.4 is 0 Å². The van der Waals surface area contributed by atoms with E-state index in [0.717, 1.165) is 48.3 Å². The minimum absolute atomic E-state index is 0.0103. The van der Waals surface area contributed by atoms with Crippen molar-refractivity contribution in [2.24, 2.45) is 0 Å². The summed E-state index contributed by atoms with van der Waals surface area (Å²) in [6, 6.07) is 10.2. The van der Waals surface area contributed by atoms with Gasteiger partial charge in [0.15, 0.2) is 5.16 Å². The van der Waals surface area contributed by atoms with Crippen LogP contribution in [-0.4, -0.2) is 38.6 Å². The number of fused-ring (bicyclic) bond motifs is 1. The summed E-state index contributed by atoms with van der Waals surface area (Å²) in [5.74, 6) is -0.0103. The van der Waals surface area contributed by atoms with Gasteiger partial charge in [-0.05, 0) is 31.9 Å². The number of rotatable bonds is 4. The molecule has 1 aliphatic rings. The number of aromatic amines is 1. The number of nitriles is 1. The van der Waals surface area contributed by atoms with Gasteiger partial charge in [-0.1, -0.05) is 43.2 Å². The molecule has 1 saturated carbocycles. The summed E-state index contributed by atoms with van der Waals surface area (Å²) >= 11 is 1.41. The van der Waals surface area contributed by atoms with Gasteiger partial charge in [0.1, 0.15) is 5.54 Å². The van der Waals surface area contributed by atoms with Crippen LogP contribution in [0.3, 0.4) is 0 Å².